The Kier molecular flexibility index (Phi) is 3.43. The van der Waals surface area contributed by atoms with Gasteiger partial charge >= 0.3 is 15.4 Å². The number of amides is 2. The summed E-state index contributed by atoms with van der Waals surface area (Å²) in [5, 5.41) is -0.453. The molecule has 0 aromatic carbocycles. The van der Waals surface area contributed by atoms with Gasteiger partial charge in [-0.25, -0.2) is 0 Å². The lowest BCUT2D eigenvalue weighted by Crippen LogP contribution is -2.35. The largest absolute Gasteiger partial charge is 0.370 e. The Morgan fingerprint density at radius 3 is 2.18 bits per heavy atom. The Labute approximate surface area is 67.3 Å². The molecule has 0 saturated heterocycles. The molecule has 0 unspecified atom stereocenters. The fraction of sp³-hybridized carbons (Fsp3) is 0.333. The summed E-state index contributed by atoms with van der Waals surface area (Å²) in [6.07, 6.45) is 0. The zero-order valence-electron chi connectivity index (χ0n) is 5.07. The molecule has 2 N–H and O–H groups in total. The smallest absolute Gasteiger partial charge is 0.280 e. The number of alkyl halides is 1. The molecule has 0 rings (SSSR count). The SMILES string of the molecule is O=C(CCl)NC(=O)S(=O)(=O)O. The lowest BCUT2D eigenvalue weighted by atomic mass is 10.7. The summed E-state index contributed by atoms with van der Waals surface area (Å²) in [5.74, 6) is -1.55. The van der Waals surface area contributed by atoms with Crippen molar-refractivity contribution in [3.63, 3.8) is 0 Å². The van der Waals surface area contributed by atoms with Crippen LogP contribution in [0.4, 0.5) is 4.79 Å². The third-order valence-electron chi connectivity index (χ3n) is 0.597. The zero-order chi connectivity index (χ0) is 9.07. The predicted molar refractivity (Wildman–Crippen MR) is 35.8 cm³/mol. The number of rotatable bonds is 1. The number of nitrogens with one attached hydrogen (secondary N) is 1. The molecule has 64 valence electrons. The van der Waals surface area contributed by atoms with Gasteiger partial charge in [-0.2, -0.15) is 8.42 Å². The van der Waals surface area contributed by atoms with Gasteiger partial charge in [0.05, 0.1) is 0 Å². The molecule has 0 spiro atoms. The Balaban J connectivity index is 4.22. The molecule has 11 heavy (non-hydrogen) atoms. The van der Waals surface area contributed by atoms with E-state index < -0.39 is 27.1 Å². The minimum Gasteiger partial charge on any atom is -0.280 e. The number of hydrogen-bond donors (Lipinski definition) is 2. The lowest BCUT2D eigenvalue weighted by molar-refractivity contribution is -0.117. The second-order valence-corrected chi connectivity index (χ2v) is 3.03. The normalized spacial score (nSPS) is 10.7. The molecule has 0 bridgehead atoms. The third kappa shape index (κ3) is 3.91. The molecule has 6 nitrogen and oxygen atoms in total. The highest BCUT2D eigenvalue weighted by Crippen LogP contribution is 1.84. The van der Waals surface area contributed by atoms with Crippen LogP contribution in [-0.2, 0) is 14.9 Å². The van der Waals surface area contributed by atoms with Crippen LogP contribution in [0.5, 0.6) is 0 Å². The first-order valence-corrected chi connectivity index (χ1v) is 4.22. The van der Waals surface area contributed by atoms with Crippen LogP contribution in [0.25, 0.3) is 0 Å². The van der Waals surface area contributed by atoms with E-state index in [0.717, 1.165) is 0 Å². The van der Waals surface area contributed by atoms with Gasteiger partial charge in [0.1, 0.15) is 5.88 Å². The monoisotopic (exact) mass is 201 g/mol. The fourth-order valence-electron chi connectivity index (χ4n) is 0.212. The van der Waals surface area contributed by atoms with Gasteiger partial charge < -0.3 is 0 Å². The fourth-order valence-corrected chi connectivity index (χ4v) is 0.521. The van der Waals surface area contributed by atoms with Crippen molar-refractivity contribution in [2.75, 3.05) is 5.88 Å². The summed E-state index contributed by atoms with van der Waals surface area (Å²) < 4.78 is 27.9. The molecule has 0 aliphatic heterocycles. The number of carbonyl (C=O) groups is 2. The topological polar surface area (TPSA) is 101 Å². The molecule has 8 heteroatoms. The van der Waals surface area contributed by atoms with Gasteiger partial charge in [-0.3, -0.25) is 19.5 Å². The summed E-state index contributed by atoms with van der Waals surface area (Å²) in [6.45, 7) is 0. The molecule has 0 fully saturated rings. The second-order valence-electron chi connectivity index (χ2n) is 1.44. The number of hydrogen-bond acceptors (Lipinski definition) is 4. The van der Waals surface area contributed by atoms with E-state index in [0.29, 0.717) is 0 Å². The van der Waals surface area contributed by atoms with Gasteiger partial charge in [0.15, 0.2) is 0 Å². The molecule has 2 amide bonds. The highest BCUT2D eigenvalue weighted by Gasteiger charge is 2.19. The van der Waals surface area contributed by atoms with Crippen LogP contribution >= 0.6 is 11.6 Å². The first-order chi connectivity index (χ1) is 4.88. The van der Waals surface area contributed by atoms with Crippen LogP contribution in [0.2, 0.25) is 0 Å². The first-order valence-electron chi connectivity index (χ1n) is 2.25. The van der Waals surface area contributed by atoms with Crippen LogP contribution < -0.4 is 5.32 Å². The number of imide groups is 1. The van der Waals surface area contributed by atoms with Gasteiger partial charge in [-0.05, 0) is 0 Å². The molecule has 0 aromatic heterocycles. The Hall–Kier alpha value is -0.660. The molecule has 0 saturated carbocycles. The maximum absolute atomic E-state index is 10.2. The van der Waals surface area contributed by atoms with Gasteiger partial charge in [-0.15, -0.1) is 11.6 Å². The maximum atomic E-state index is 10.2. The molecule has 0 atom stereocenters. The summed E-state index contributed by atoms with van der Waals surface area (Å²) in [5.41, 5.74) is 0. The summed E-state index contributed by atoms with van der Waals surface area (Å²) in [7, 11) is -4.84. The average Bonchev–Trinajstić information content (AvgIpc) is 1.85. The Bertz CT molecular complexity index is 269. The van der Waals surface area contributed by atoms with Crippen LogP contribution in [-0.4, -0.2) is 30.0 Å². The van der Waals surface area contributed by atoms with Gasteiger partial charge in [0.2, 0.25) is 5.91 Å². The first kappa shape index (κ1) is 10.3. The van der Waals surface area contributed by atoms with Gasteiger partial charge in [0, 0.05) is 0 Å². The van der Waals surface area contributed by atoms with Gasteiger partial charge in [0.25, 0.3) is 0 Å². The van der Waals surface area contributed by atoms with Gasteiger partial charge in [-0.1, -0.05) is 0 Å². The van der Waals surface area contributed by atoms with Crippen molar-refractivity contribution in [1.82, 2.24) is 5.32 Å². The van der Waals surface area contributed by atoms with E-state index in [-0.39, 0.29) is 0 Å². The molecule has 0 radical (unpaired) electrons. The number of carbonyl (C=O) groups excluding carboxylic acids is 2. The van der Waals surface area contributed by atoms with Crippen molar-refractivity contribution in [1.29, 1.82) is 0 Å². The molecule has 0 aliphatic carbocycles. The third-order valence-corrected chi connectivity index (χ3v) is 1.41. The summed E-state index contributed by atoms with van der Waals surface area (Å²) in [6, 6.07) is 0. The van der Waals surface area contributed by atoms with Crippen molar-refractivity contribution < 1.29 is 22.6 Å². The molecular formula is C3H4ClNO5S. The zero-order valence-corrected chi connectivity index (χ0v) is 6.65. The van der Waals surface area contributed by atoms with E-state index in [9.17, 15) is 18.0 Å². The molecule has 0 aromatic rings. The van der Waals surface area contributed by atoms with Crippen LogP contribution in [0.3, 0.4) is 0 Å². The van der Waals surface area contributed by atoms with Crippen LogP contribution in [0.15, 0.2) is 0 Å². The standard InChI is InChI=1S/C3H4ClNO5S/c4-1-2(6)5-3(7)11(8,9)10/h1H2,(H,5,6,7)(H,8,9,10). The van der Waals surface area contributed by atoms with Crippen molar-refractivity contribution in [3.8, 4) is 0 Å². The maximum Gasteiger partial charge on any atom is 0.370 e. The predicted octanol–water partition coefficient (Wildman–Crippen LogP) is -0.651. The van der Waals surface area contributed by atoms with Crippen molar-refractivity contribution in [2.24, 2.45) is 0 Å². The highest BCUT2D eigenvalue weighted by molar-refractivity contribution is 8.01. The van der Waals surface area contributed by atoms with Crippen molar-refractivity contribution >= 4 is 32.9 Å². The van der Waals surface area contributed by atoms with E-state index in [1.54, 1.807) is 0 Å². The summed E-state index contributed by atoms with van der Waals surface area (Å²) in [4.78, 5) is 20.4. The molecule has 0 heterocycles. The van der Waals surface area contributed by atoms with E-state index in [4.69, 9.17) is 16.2 Å². The molecular weight excluding hydrogens is 198 g/mol. The van der Waals surface area contributed by atoms with Crippen molar-refractivity contribution in [2.45, 2.75) is 0 Å². The van der Waals surface area contributed by atoms with Crippen LogP contribution in [0, 0.1) is 0 Å². The van der Waals surface area contributed by atoms with E-state index >= 15 is 0 Å². The second kappa shape index (κ2) is 3.65. The minimum absolute atomic E-state index is 0.554. The van der Waals surface area contributed by atoms with Crippen molar-refractivity contribution in [3.05, 3.63) is 0 Å². The summed E-state index contributed by atoms with van der Waals surface area (Å²) >= 11 is 4.91. The lowest BCUT2D eigenvalue weighted by Gasteiger charge is -1.95. The Morgan fingerprint density at radius 2 is 1.91 bits per heavy atom. The highest BCUT2D eigenvalue weighted by atomic mass is 35.5. The Morgan fingerprint density at radius 1 is 1.45 bits per heavy atom. The van der Waals surface area contributed by atoms with E-state index in [2.05, 4.69) is 0 Å². The van der Waals surface area contributed by atoms with E-state index in [1.807, 2.05) is 0 Å². The molecule has 0 aliphatic rings. The van der Waals surface area contributed by atoms with Crippen LogP contribution in [0.1, 0.15) is 0 Å². The number of halogens is 1. The minimum atomic E-state index is -4.84. The van der Waals surface area contributed by atoms with E-state index in [1.165, 1.54) is 5.32 Å². The quantitative estimate of drug-likeness (QED) is 0.434. The average molecular weight is 202 g/mol.